The van der Waals surface area contributed by atoms with Crippen LogP contribution in [0.5, 0.6) is 5.75 Å². The highest BCUT2D eigenvalue weighted by Gasteiger charge is 1.99. The molecule has 0 atom stereocenters. The molecule has 0 bridgehead atoms. The molecule has 0 radical (unpaired) electrons. The average Bonchev–Trinajstić information content (AvgIpc) is 2.52. The number of ether oxygens (including phenoxy) is 1. The second kappa shape index (κ2) is 7.32. The normalized spacial score (nSPS) is 10.0. The maximum atomic E-state index is 8.75. The number of nitrogens with one attached hydrogen (secondary N) is 1. The van der Waals surface area contributed by atoms with Gasteiger partial charge in [0.25, 0.3) is 0 Å². The van der Waals surface area contributed by atoms with E-state index in [0.717, 1.165) is 24.4 Å². The van der Waals surface area contributed by atoms with Crippen LogP contribution in [0.4, 0.5) is 0 Å². The van der Waals surface area contributed by atoms with Crippen LogP contribution in [0.1, 0.15) is 23.6 Å². The maximum absolute atomic E-state index is 8.75. The fraction of sp³-hybridized carbons (Fsp3) is 0.235. The standard InChI is InChI=1S/C17H18N2O/c1-2-19-12-16-4-3-5-17(10-16)20-13-15-8-6-14(11-18)7-9-15/h3-10,19H,2,12-13H2,1H3. The van der Waals surface area contributed by atoms with Crippen LogP contribution in [0.2, 0.25) is 0 Å². The lowest BCUT2D eigenvalue weighted by molar-refractivity contribution is 0.306. The highest BCUT2D eigenvalue weighted by Crippen LogP contribution is 2.15. The van der Waals surface area contributed by atoms with E-state index in [1.54, 1.807) is 12.1 Å². The quantitative estimate of drug-likeness (QED) is 0.873. The van der Waals surface area contributed by atoms with Gasteiger partial charge in [-0.3, -0.25) is 0 Å². The first-order valence-corrected chi connectivity index (χ1v) is 6.73. The van der Waals surface area contributed by atoms with Gasteiger partial charge in [0.05, 0.1) is 11.6 Å². The molecule has 3 nitrogen and oxygen atoms in total. The Balaban J connectivity index is 1.94. The van der Waals surface area contributed by atoms with E-state index in [-0.39, 0.29) is 0 Å². The third-order valence-electron chi connectivity index (χ3n) is 2.97. The van der Waals surface area contributed by atoms with Crippen molar-refractivity contribution in [2.24, 2.45) is 0 Å². The molecule has 0 spiro atoms. The summed E-state index contributed by atoms with van der Waals surface area (Å²) >= 11 is 0. The minimum Gasteiger partial charge on any atom is -0.489 e. The van der Waals surface area contributed by atoms with Crippen LogP contribution in [0.15, 0.2) is 48.5 Å². The average molecular weight is 266 g/mol. The van der Waals surface area contributed by atoms with Crippen LogP contribution in [-0.2, 0) is 13.2 Å². The third kappa shape index (κ3) is 4.11. The Morgan fingerprint density at radius 2 is 1.90 bits per heavy atom. The predicted molar refractivity (Wildman–Crippen MR) is 79.3 cm³/mol. The predicted octanol–water partition coefficient (Wildman–Crippen LogP) is 3.25. The molecule has 0 aliphatic rings. The minimum atomic E-state index is 0.510. The lowest BCUT2D eigenvalue weighted by Crippen LogP contribution is -2.11. The molecule has 0 saturated carbocycles. The lowest BCUT2D eigenvalue weighted by atomic mass is 10.1. The third-order valence-corrected chi connectivity index (χ3v) is 2.97. The van der Waals surface area contributed by atoms with Gasteiger partial charge in [-0.25, -0.2) is 0 Å². The molecule has 2 aromatic carbocycles. The zero-order valence-electron chi connectivity index (χ0n) is 11.6. The first kappa shape index (κ1) is 14.1. The molecular weight excluding hydrogens is 248 g/mol. The molecule has 0 heterocycles. The molecular formula is C17H18N2O. The van der Waals surface area contributed by atoms with Gasteiger partial charge in [0.2, 0.25) is 0 Å². The summed E-state index contributed by atoms with van der Waals surface area (Å²) in [6, 6.07) is 17.6. The van der Waals surface area contributed by atoms with Crippen LogP contribution in [-0.4, -0.2) is 6.54 Å². The smallest absolute Gasteiger partial charge is 0.120 e. The van der Waals surface area contributed by atoms with Gasteiger partial charge in [0, 0.05) is 6.54 Å². The van der Waals surface area contributed by atoms with Crippen LogP contribution in [0, 0.1) is 11.3 Å². The number of rotatable bonds is 6. The van der Waals surface area contributed by atoms with E-state index < -0.39 is 0 Å². The molecule has 102 valence electrons. The van der Waals surface area contributed by atoms with Crippen molar-refractivity contribution >= 4 is 0 Å². The van der Waals surface area contributed by atoms with E-state index in [2.05, 4.69) is 24.4 Å². The zero-order valence-corrected chi connectivity index (χ0v) is 11.6. The summed E-state index contributed by atoms with van der Waals surface area (Å²) < 4.78 is 5.78. The van der Waals surface area contributed by atoms with Gasteiger partial charge in [-0.05, 0) is 41.9 Å². The molecule has 0 aromatic heterocycles. The maximum Gasteiger partial charge on any atom is 0.120 e. The van der Waals surface area contributed by atoms with E-state index >= 15 is 0 Å². The fourth-order valence-electron chi connectivity index (χ4n) is 1.86. The SMILES string of the molecule is CCNCc1cccc(OCc2ccc(C#N)cc2)c1. The summed E-state index contributed by atoms with van der Waals surface area (Å²) in [5.41, 5.74) is 2.94. The Morgan fingerprint density at radius 3 is 2.60 bits per heavy atom. The Bertz CT molecular complexity index is 585. The molecule has 0 unspecified atom stereocenters. The molecule has 1 N–H and O–H groups in total. The van der Waals surface area contributed by atoms with Gasteiger partial charge >= 0.3 is 0 Å². The molecule has 2 rings (SSSR count). The van der Waals surface area contributed by atoms with Gasteiger partial charge in [0.1, 0.15) is 12.4 Å². The minimum absolute atomic E-state index is 0.510. The summed E-state index contributed by atoms with van der Waals surface area (Å²) in [4.78, 5) is 0. The highest BCUT2D eigenvalue weighted by atomic mass is 16.5. The van der Waals surface area contributed by atoms with E-state index in [9.17, 15) is 0 Å². The van der Waals surface area contributed by atoms with Crippen molar-refractivity contribution in [3.63, 3.8) is 0 Å². The van der Waals surface area contributed by atoms with Crippen molar-refractivity contribution in [1.82, 2.24) is 5.32 Å². The summed E-state index contributed by atoms with van der Waals surface area (Å²) in [6.07, 6.45) is 0. The molecule has 3 heteroatoms. The first-order chi connectivity index (χ1) is 9.81. The Kier molecular flexibility index (Phi) is 5.16. The largest absolute Gasteiger partial charge is 0.489 e. The van der Waals surface area contributed by atoms with E-state index in [0.29, 0.717) is 12.2 Å². The number of hydrogen-bond donors (Lipinski definition) is 1. The summed E-state index contributed by atoms with van der Waals surface area (Å²) in [6.45, 7) is 4.41. The van der Waals surface area contributed by atoms with Crippen molar-refractivity contribution in [3.8, 4) is 11.8 Å². The Morgan fingerprint density at radius 1 is 1.10 bits per heavy atom. The topological polar surface area (TPSA) is 45.0 Å². The van der Waals surface area contributed by atoms with E-state index in [1.807, 2.05) is 30.3 Å². The van der Waals surface area contributed by atoms with Crippen LogP contribution < -0.4 is 10.1 Å². The Hall–Kier alpha value is -2.31. The van der Waals surface area contributed by atoms with E-state index in [4.69, 9.17) is 10.00 Å². The van der Waals surface area contributed by atoms with Crippen LogP contribution in [0.3, 0.4) is 0 Å². The molecule has 20 heavy (non-hydrogen) atoms. The molecule has 0 fully saturated rings. The van der Waals surface area contributed by atoms with Gasteiger partial charge < -0.3 is 10.1 Å². The van der Waals surface area contributed by atoms with Gasteiger partial charge in [0.15, 0.2) is 0 Å². The molecule has 0 amide bonds. The summed E-state index contributed by atoms with van der Waals surface area (Å²) in [7, 11) is 0. The summed E-state index contributed by atoms with van der Waals surface area (Å²) in [5, 5.41) is 12.0. The summed E-state index contributed by atoms with van der Waals surface area (Å²) in [5.74, 6) is 0.866. The Labute approximate surface area is 119 Å². The molecule has 0 aliphatic heterocycles. The van der Waals surface area contributed by atoms with Crippen LogP contribution >= 0.6 is 0 Å². The fourth-order valence-corrected chi connectivity index (χ4v) is 1.86. The van der Waals surface area contributed by atoms with Crippen molar-refractivity contribution in [3.05, 3.63) is 65.2 Å². The lowest BCUT2D eigenvalue weighted by Gasteiger charge is -2.08. The number of nitrogens with zero attached hydrogens (tertiary/aromatic N) is 1. The number of nitriles is 1. The number of hydrogen-bond acceptors (Lipinski definition) is 3. The highest BCUT2D eigenvalue weighted by molar-refractivity contribution is 5.32. The van der Waals surface area contributed by atoms with Gasteiger partial charge in [-0.1, -0.05) is 31.2 Å². The van der Waals surface area contributed by atoms with Crippen LogP contribution in [0.25, 0.3) is 0 Å². The van der Waals surface area contributed by atoms with Gasteiger partial charge in [-0.15, -0.1) is 0 Å². The molecule has 0 aliphatic carbocycles. The zero-order chi connectivity index (χ0) is 14.2. The first-order valence-electron chi connectivity index (χ1n) is 6.73. The van der Waals surface area contributed by atoms with E-state index in [1.165, 1.54) is 5.56 Å². The van der Waals surface area contributed by atoms with Crippen molar-refractivity contribution in [1.29, 1.82) is 5.26 Å². The molecule has 2 aromatic rings. The van der Waals surface area contributed by atoms with Crippen molar-refractivity contribution in [2.45, 2.75) is 20.1 Å². The second-order valence-corrected chi connectivity index (χ2v) is 4.53. The number of benzene rings is 2. The van der Waals surface area contributed by atoms with Crippen molar-refractivity contribution in [2.75, 3.05) is 6.54 Å². The monoisotopic (exact) mass is 266 g/mol. The molecule has 0 saturated heterocycles. The van der Waals surface area contributed by atoms with Gasteiger partial charge in [-0.2, -0.15) is 5.26 Å². The van der Waals surface area contributed by atoms with Crippen molar-refractivity contribution < 1.29 is 4.74 Å². The second-order valence-electron chi connectivity index (χ2n) is 4.53.